The van der Waals surface area contributed by atoms with Crippen LogP contribution >= 0.6 is 0 Å². The standard InChI is InChI=1S/C31H42FN5O7S/c1-31(2)15-25-28(45(40,41)18-31)22-16-43-17-26(22)37(25)20-13-23(32)27(29(33)38)24(14-20)35-19-3-5-21(6-4-19)44-30(39)34-7-8-36-9-11-42-12-10-36/h13-14,19,21,35H,3-12,15-18H2,1-2H3,(H2,33,38)(H,34,39). The van der Waals surface area contributed by atoms with Gasteiger partial charge in [0.2, 0.25) is 0 Å². The van der Waals surface area contributed by atoms with Crippen LogP contribution in [0.2, 0.25) is 0 Å². The number of nitrogens with zero attached hydrogens (tertiary/aromatic N) is 2. The first-order valence-electron chi connectivity index (χ1n) is 15.6. The number of nitrogens with two attached hydrogens (primary N) is 1. The van der Waals surface area contributed by atoms with E-state index in [1.807, 2.05) is 13.8 Å². The van der Waals surface area contributed by atoms with Crippen LogP contribution in [0.5, 0.6) is 0 Å². The summed E-state index contributed by atoms with van der Waals surface area (Å²) < 4.78 is 60.8. The molecule has 45 heavy (non-hydrogen) atoms. The Morgan fingerprint density at radius 1 is 1.09 bits per heavy atom. The van der Waals surface area contributed by atoms with Crippen LogP contribution in [0.4, 0.5) is 14.9 Å². The van der Waals surface area contributed by atoms with Crippen molar-refractivity contribution < 1.29 is 36.6 Å². The molecule has 0 spiro atoms. The summed E-state index contributed by atoms with van der Waals surface area (Å²) in [5.74, 6) is -1.67. The number of morpholine rings is 1. The SMILES string of the molecule is CC1(C)Cc2c(c3c(n2-c2cc(F)c(C(N)=O)c(NC4CCC(OC(=O)NCCN5CCOCC5)CC4)c2)COC3)S(=O)(=O)C1. The minimum Gasteiger partial charge on any atom is -0.446 e. The van der Waals surface area contributed by atoms with Crippen molar-refractivity contribution in [1.29, 1.82) is 0 Å². The zero-order valence-corrected chi connectivity index (χ0v) is 26.6. The third-order valence-electron chi connectivity index (χ3n) is 9.14. The van der Waals surface area contributed by atoms with E-state index in [2.05, 4.69) is 15.5 Å². The minimum atomic E-state index is -3.58. The van der Waals surface area contributed by atoms with Gasteiger partial charge in [0.15, 0.2) is 9.84 Å². The van der Waals surface area contributed by atoms with Gasteiger partial charge in [0.1, 0.15) is 11.9 Å². The van der Waals surface area contributed by atoms with E-state index in [-0.39, 0.29) is 47.3 Å². The Balaban J connectivity index is 1.17. The predicted molar refractivity (Wildman–Crippen MR) is 164 cm³/mol. The number of halogens is 1. The fourth-order valence-electron chi connectivity index (χ4n) is 7.15. The van der Waals surface area contributed by atoms with Crippen LogP contribution in [0.3, 0.4) is 0 Å². The van der Waals surface area contributed by atoms with Crippen LogP contribution in [-0.2, 0) is 43.7 Å². The lowest BCUT2D eigenvalue weighted by molar-refractivity contribution is 0.0372. The smallest absolute Gasteiger partial charge is 0.407 e. The van der Waals surface area contributed by atoms with Crippen molar-refractivity contribution in [2.24, 2.45) is 11.1 Å². The van der Waals surface area contributed by atoms with Gasteiger partial charge < -0.3 is 35.1 Å². The van der Waals surface area contributed by atoms with E-state index in [4.69, 9.17) is 19.9 Å². The lowest BCUT2D eigenvalue weighted by Crippen LogP contribution is -2.42. The van der Waals surface area contributed by atoms with E-state index in [1.54, 1.807) is 10.6 Å². The number of carbonyl (C=O) groups excluding carboxylic acids is 2. The maximum atomic E-state index is 15.6. The number of rotatable bonds is 8. The van der Waals surface area contributed by atoms with Gasteiger partial charge in [0, 0.05) is 43.5 Å². The average Bonchev–Trinajstić information content (AvgIpc) is 3.53. The van der Waals surface area contributed by atoms with Gasteiger partial charge in [-0.15, -0.1) is 0 Å². The van der Waals surface area contributed by atoms with Crippen LogP contribution in [0.15, 0.2) is 17.0 Å². The highest BCUT2D eigenvalue weighted by Crippen LogP contribution is 2.44. The zero-order valence-electron chi connectivity index (χ0n) is 25.8. The number of nitrogens with one attached hydrogen (secondary N) is 2. The molecule has 2 amide bonds. The summed E-state index contributed by atoms with van der Waals surface area (Å²) >= 11 is 0. The molecule has 0 unspecified atom stereocenters. The third kappa shape index (κ3) is 6.69. The monoisotopic (exact) mass is 647 g/mol. The van der Waals surface area contributed by atoms with Crippen LogP contribution < -0.4 is 16.4 Å². The Bertz CT molecular complexity index is 1580. The second-order valence-corrected chi connectivity index (χ2v) is 15.2. The molecule has 1 aliphatic carbocycles. The molecule has 1 aromatic carbocycles. The lowest BCUT2D eigenvalue weighted by Gasteiger charge is -2.31. The summed E-state index contributed by atoms with van der Waals surface area (Å²) in [6.07, 6.45) is 2.26. The molecule has 14 heteroatoms. The molecule has 12 nitrogen and oxygen atoms in total. The predicted octanol–water partition coefficient (Wildman–Crippen LogP) is 2.88. The highest BCUT2D eigenvalue weighted by Gasteiger charge is 2.43. The third-order valence-corrected chi connectivity index (χ3v) is 11.4. The van der Waals surface area contributed by atoms with Gasteiger partial charge in [-0.25, -0.2) is 17.6 Å². The van der Waals surface area contributed by atoms with E-state index in [0.29, 0.717) is 74.5 Å². The van der Waals surface area contributed by atoms with E-state index in [9.17, 15) is 18.0 Å². The first-order valence-corrected chi connectivity index (χ1v) is 17.3. The van der Waals surface area contributed by atoms with E-state index < -0.39 is 33.1 Å². The zero-order chi connectivity index (χ0) is 31.9. The van der Waals surface area contributed by atoms with Gasteiger partial charge in [0.05, 0.1) is 59.7 Å². The number of fused-ring (bicyclic) bond motifs is 3. The molecular weight excluding hydrogens is 605 g/mol. The van der Waals surface area contributed by atoms with Gasteiger partial charge >= 0.3 is 6.09 Å². The molecule has 0 atom stereocenters. The van der Waals surface area contributed by atoms with Gasteiger partial charge in [-0.1, -0.05) is 13.8 Å². The molecule has 4 heterocycles. The molecule has 6 rings (SSSR count). The lowest BCUT2D eigenvalue weighted by atomic mass is 9.89. The van der Waals surface area contributed by atoms with E-state index in [1.165, 1.54) is 6.07 Å². The molecule has 1 saturated carbocycles. The normalized spacial score (nSPS) is 24.0. The highest BCUT2D eigenvalue weighted by atomic mass is 32.2. The Morgan fingerprint density at radius 2 is 1.82 bits per heavy atom. The number of anilines is 1. The number of benzene rings is 1. The number of carbonyl (C=O) groups is 2. The Labute approximate surface area is 262 Å². The molecule has 0 bridgehead atoms. The van der Waals surface area contributed by atoms with Gasteiger partial charge in [0.25, 0.3) is 5.91 Å². The largest absolute Gasteiger partial charge is 0.446 e. The Hall–Kier alpha value is -3.20. The van der Waals surface area contributed by atoms with Crippen LogP contribution in [0.25, 0.3) is 5.69 Å². The maximum absolute atomic E-state index is 15.6. The summed E-state index contributed by atoms with van der Waals surface area (Å²) in [6, 6.07) is 2.79. The summed E-state index contributed by atoms with van der Waals surface area (Å²) in [6.45, 7) is 8.53. The molecule has 2 aromatic rings. The van der Waals surface area contributed by atoms with Crippen molar-refractivity contribution in [3.63, 3.8) is 0 Å². The second kappa shape index (κ2) is 12.5. The average molecular weight is 648 g/mol. The van der Waals surface area contributed by atoms with Crippen molar-refractivity contribution in [3.05, 3.63) is 40.5 Å². The van der Waals surface area contributed by atoms with Crippen molar-refractivity contribution in [2.45, 2.75) is 76.2 Å². The van der Waals surface area contributed by atoms with Gasteiger partial charge in [-0.05, 0) is 49.7 Å². The number of aromatic nitrogens is 1. The number of alkyl carbamates (subject to hydrolysis) is 1. The van der Waals surface area contributed by atoms with Crippen molar-refractivity contribution in [1.82, 2.24) is 14.8 Å². The summed E-state index contributed by atoms with van der Waals surface area (Å²) in [7, 11) is -3.58. The summed E-state index contributed by atoms with van der Waals surface area (Å²) in [5, 5.41) is 6.15. The van der Waals surface area contributed by atoms with Gasteiger partial charge in [-0.2, -0.15) is 0 Å². The van der Waals surface area contributed by atoms with Crippen molar-refractivity contribution >= 4 is 27.5 Å². The highest BCUT2D eigenvalue weighted by molar-refractivity contribution is 7.91. The minimum absolute atomic E-state index is 0.0215. The molecule has 246 valence electrons. The molecule has 1 aromatic heterocycles. The Morgan fingerprint density at radius 3 is 2.53 bits per heavy atom. The van der Waals surface area contributed by atoms with Crippen molar-refractivity contribution in [2.75, 3.05) is 50.5 Å². The molecule has 4 aliphatic rings. The van der Waals surface area contributed by atoms with Gasteiger partial charge in [-0.3, -0.25) is 9.69 Å². The number of amides is 2. The molecule has 4 N–H and O–H groups in total. The number of sulfone groups is 1. The summed E-state index contributed by atoms with van der Waals surface area (Å²) in [5.41, 5.74) is 7.43. The van der Waals surface area contributed by atoms with Crippen LogP contribution in [-0.4, -0.2) is 87.2 Å². The second-order valence-electron chi connectivity index (χ2n) is 13.2. The quantitative estimate of drug-likeness (QED) is 0.393. The topological polar surface area (TPSA) is 154 Å². The maximum Gasteiger partial charge on any atom is 0.407 e. The number of primary amides is 1. The number of ether oxygens (including phenoxy) is 3. The van der Waals surface area contributed by atoms with E-state index >= 15 is 4.39 Å². The van der Waals surface area contributed by atoms with Crippen LogP contribution in [0, 0.1) is 11.2 Å². The van der Waals surface area contributed by atoms with Crippen molar-refractivity contribution in [3.8, 4) is 5.69 Å². The van der Waals surface area contributed by atoms with Crippen LogP contribution in [0.1, 0.15) is 66.8 Å². The summed E-state index contributed by atoms with van der Waals surface area (Å²) in [4.78, 5) is 27.3. The molecule has 1 saturated heterocycles. The Kier molecular flexibility index (Phi) is 8.85. The molecular formula is C31H42FN5O7S. The molecule has 0 radical (unpaired) electrons. The first-order chi connectivity index (χ1) is 21.4. The molecule has 2 fully saturated rings. The fraction of sp³-hybridized carbons (Fsp3) is 0.613. The number of hydrogen-bond donors (Lipinski definition) is 3. The first kappa shape index (κ1) is 31.8. The molecule has 3 aliphatic heterocycles. The van der Waals surface area contributed by atoms with E-state index in [0.717, 1.165) is 19.6 Å². The fourth-order valence-corrected chi connectivity index (χ4v) is 9.50. The number of hydrogen-bond acceptors (Lipinski definition) is 9.